The topological polar surface area (TPSA) is 45.0 Å². The van der Waals surface area contributed by atoms with Gasteiger partial charge in [-0.25, -0.2) is 0 Å². The van der Waals surface area contributed by atoms with Crippen molar-refractivity contribution in [2.24, 2.45) is 0 Å². The summed E-state index contributed by atoms with van der Waals surface area (Å²) in [5.41, 5.74) is 5.29. The van der Waals surface area contributed by atoms with Crippen molar-refractivity contribution in [1.29, 1.82) is 5.26 Å². The number of nitrogens with one attached hydrogen (secondary N) is 1. The highest BCUT2D eigenvalue weighted by molar-refractivity contribution is 5.43. The average Bonchev–Trinajstić information content (AvgIpc) is 2.47. The molecule has 2 aromatic carbocycles. The Balaban J connectivity index is 2.10. The zero-order valence-electron chi connectivity index (χ0n) is 12.7. The molecule has 0 aromatic heterocycles. The Kier molecular flexibility index (Phi) is 4.97. The van der Waals surface area contributed by atoms with Crippen molar-refractivity contribution < 1.29 is 4.74 Å². The van der Waals surface area contributed by atoms with Crippen LogP contribution >= 0.6 is 0 Å². The van der Waals surface area contributed by atoms with Crippen molar-refractivity contribution in [3.63, 3.8) is 0 Å². The second kappa shape index (κ2) is 6.92. The number of hydrogen-bond donors (Lipinski definition) is 1. The van der Waals surface area contributed by atoms with E-state index in [0.29, 0.717) is 12.2 Å². The van der Waals surface area contributed by atoms with Gasteiger partial charge in [0, 0.05) is 6.54 Å². The highest BCUT2D eigenvalue weighted by Gasteiger charge is 2.07. The van der Waals surface area contributed by atoms with Gasteiger partial charge >= 0.3 is 0 Å². The van der Waals surface area contributed by atoms with E-state index >= 15 is 0 Å². The molecule has 3 nitrogen and oxygen atoms in total. The Morgan fingerprint density at radius 3 is 2.19 bits per heavy atom. The van der Waals surface area contributed by atoms with Crippen LogP contribution in [0.1, 0.15) is 27.8 Å². The first-order chi connectivity index (χ1) is 10.1. The second-order valence-corrected chi connectivity index (χ2v) is 5.19. The number of aryl methyl sites for hydroxylation is 2. The van der Waals surface area contributed by atoms with Gasteiger partial charge in [-0.3, -0.25) is 0 Å². The van der Waals surface area contributed by atoms with Crippen molar-refractivity contribution in [1.82, 2.24) is 5.32 Å². The molecule has 108 valence electrons. The normalized spacial score (nSPS) is 10.2. The molecular formula is C18H20N2O. The molecule has 2 rings (SSSR count). The van der Waals surface area contributed by atoms with Gasteiger partial charge in [-0.05, 0) is 55.3 Å². The van der Waals surface area contributed by atoms with E-state index in [1.165, 1.54) is 5.56 Å². The van der Waals surface area contributed by atoms with E-state index in [0.717, 1.165) is 29.0 Å². The van der Waals surface area contributed by atoms with Gasteiger partial charge in [-0.15, -0.1) is 0 Å². The molecule has 0 radical (unpaired) electrons. The SMILES string of the molecule is CNCc1cc(C)c(OCc2ccc(C#N)cc2)c(C)c1. The van der Waals surface area contributed by atoms with E-state index in [1.807, 2.05) is 31.3 Å². The summed E-state index contributed by atoms with van der Waals surface area (Å²) in [6, 6.07) is 13.9. The van der Waals surface area contributed by atoms with Crippen LogP contribution < -0.4 is 10.1 Å². The minimum atomic E-state index is 0.513. The Morgan fingerprint density at radius 1 is 1.05 bits per heavy atom. The molecule has 0 atom stereocenters. The van der Waals surface area contributed by atoms with Crippen LogP contribution in [0.4, 0.5) is 0 Å². The minimum Gasteiger partial charge on any atom is -0.488 e. The van der Waals surface area contributed by atoms with Crippen LogP contribution in [-0.2, 0) is 13.2 Å². The molecule has 3 heteroatoms. The molecule has 21 heavy (non-hydrogen) atoms. The van der Waals surface area contributed by atoms with Crippen LogP contribution in [0.5, 0.6) is 5.75 Å². The van der Waals surface area contributed by atoms with Crippen molar-refractivity contribution in [3.05, 3.63) is 64.2 Å². The van der Waals surface area contributed by atoms with E-state index < -0.39 is 0 Å². The van der Waals surface area contributed by atoms with Crippen LogP contribution in [0.15, 0.2) is 36.4 Å². The number of rotatable bonds is 5. The average molecular weight is 280 g/mol. The highest BCUT2D eigenvalue weighted by atomic mass is 16.5. The molecule has 0 aliphatic rings. The van der Waals surface area contributed by atoms with Gasteiger partial charge in [0.1, 0.15) is 12.4 Å². The number of hydrogen-bond acceptors (Lipinski definition) is 3. The molecular weight excluding hydrogens is 260 g/mol. The first kappa shape index (κ1) is 15.1. The summed E-state index contributed by atoms with van der Waals surface area (Å²) in [7, 11) is 1.94. The Morgan fingerprint density at radius 2 is 1.67 bits per heavy atom. The first-order valence-corrected chi connectivity index (χ1v) is 7.00. The fraction of sp³-hybridized carbons (Fsp3) is 0.278. The van der Waals surface area contributed by atoms with Crippen LogP contribution in [0, 0.1) is 25.2 Å². The number of benzene rings is 2. The molecule has 0 saturated heterocycles. The third-order valence-corrected chi connectivity index (χ3v) is 3.37. The van der Waals surface area contributed by atoms with E-state index in [1.54, 1.807) is 0 Å². The lowest BCUT2D eigenvalue weighted by atomic mass is 10.1. The molecule has 0 spiro atoms. The fourth-order valence-electron chi connectivity index (χ4n) is 2.40. The third-order valence-electron chi connectivity index (χ3n) is 3.37. The summed E-state index contributed by atoms with van der Waals surface area (Å²) in [6.45, 7) is 5.51. The molecule has 0 saturated carbocycles. The molecule has 0 bridgehead atoms. The van der Waals surface area contributed by atoms with Crippen molar-refractivity contribution in [3.8, 4) is 11.8 Å². The summed E-state index contributed by atoms with van der Waals surface area (Å²) in [5, 5.41) is 12.0. The van der Waals surface area contributed by atoms with Crippen molar-refractivity contribution >= 4 is 0 Å². The van der Waals surface area contributed by atoms with E-state index in [9.17, 15) is 0 Å². The summed E-state index contributed by atoms with van der Waals surface area (Å²) in [4.78, 5) is 0. The van der Waals surface area contributed by atoms with Gasteiger partial charge in [0.2, 0.25) is 0 Å². The maximum absolute atomic E-state index is 8.79. The lowest BCUT2D eigenvalue weighted by Crippen LogP contribution is -2.06. The van der Waals surface area contributed by atoms with Crippen molar-refractivity contribution in [2.45, 2.75) is 27.0 Å². The summed E-state index contributed by atoms with van der Waals surface area (Å²) in [6.07, 6.45) is 0. The van der Waals surface area contributed by atoms with Gasteiger partial charge in [0.15, 0.2) is 0 Å². The van der Waals surface area contributed by atoms with Gasteiger partial charge in [0.25, 0.3) is 0 Å². The van der Waals surface area contributed by atoms with E-state index in [-0.39, 0.29) is 0 Å². The summed E-state index contributed by atoms with van der Waals surface area (Å²) >= 11 is 0. The summed E-state index contributed by atoms with van der Waals surface area (Å²) in [5.74, 6) is 0.944. The van der Waals surface area contributed by atoms with Gasteiger partial charge in [-0.1, -0.05) is 24.3 Å². The number of nitrogens with zero attached hydrogens (tertiary/aromatic N) is 1. The van der Waals surface area contributed by atoms with Crippen LogP contribution in [0.25, 0.3) is 0 Å². The largest absolute Gasteiger partial charge is 0.488 e. The smallest absolute Gasteiger partial charge is 0.125 e. The van der Waals surface area contributed by atoms with E-state index in [2.05, 4.69) is 37.4 Å². The monoisotopic (exact) mass is 280 g/mol. The zero-order valence-corrected chi connectivity index (χ0v) is 12.7. The molecule has 0 fully saturated rings. The maximum Gasteiger partial charge on any atom is 0.125 e. The number of ether oxygens (including phenoxy) is 1. The minimum absolute atomic E-state index is 0.513. The predicted octanol–water partition coefficient (Wildman–Crippen LogP) is 3.47. The lowest BCUT2D eigenvalue weighted by Gasteiger charge is -2.14. The van der Waals surface area contributed by atoms with Gasteiger partial charge < -0.3 is 10.1 Å². The molecule has 1 N–H and O–H groups in total. The number of nitriles is 1. The molecule has 0 heterocycles. The zero-order chi connectivity index (χ0) is 15.2. The van der Waals surface area contributed by atoms with Crippen LogP contribution in [-0.4, -0.2) is 7.05 Å². The third kappa shape index (κ3) is 3.84. The molecule has 0 amide bonds. The maximum atomic E-state index is 8.79. The van der Waals surface area contributed by atoms with Gasteiger partial charge in [-0.2, -0.15) is 5.26 Å². The highest BCUT2D eigenvalue weighted by Crippen LogP contribution is 2.25. The molecule has 2 aromatic rings. The lowest BCUT2D eigenvalue weighted by molar-refractivity contribution is 0.302. The molecule has 0 aliphatic heterocycles. The van der Waals surface area contributed by atoms with E-state index in [4.69, 9.17) is 10.00 Å². The molecule has 0 unspecified atom stereocenters. The quantitative estimate of drug-likeness (QED) is 0.912. The second-order valence-electron chi connectivity index (χ2n) is 5.19. The Hall–Kier alpha value is -2.31. The van der Waals surface area contributed by atoms with Gasteiger partial charge in [0.05, 0.1) is 11.6 Å². The Labute approximate surface area is 126 Å². The Bertz CT molecular complexity index is 631. The van der Waals surface area contributed by atoms with Crippen molar-refractivity contribution in [2.75, 3.05) is 7.05 Å². The first-order valence-electron chi connectivity index (χ1n) is 7.00. The van der Waals surface area contributed by atoms with Crippen LogP contribution in [0.3, 0.4) is 0 Å². The predicted molar refractivity (Wildman–Crippen MR) is 84.2 cm³/mol. The standard InChI is InChI=1S/C18H20N2O/c1-13-8-17(11-20-3)9-14(2)18(13)21-12-16-6-4-15(10-19)5-7-16/h4-9,20H,11-12H2,1-3H3. The molecule has 0 aliphatic carbocycles. The fourth-order valence-corrected chi connectivity index (χ4v) is 2.40. The summed E-state index contributed by atoms with van der Waals surface area (Å²) < 4.78 is 5.96. The van der Waals surface area contributed by atoms with Crippen LogP contribution in [0.2, 0.25) is 0 Å².